The standard InChI is InChI=1S/C13H9BrF2N4O/c1-6-3-10(9(15)4-8(6)14)19-12(21)5-11(16)20-13(19)17-7(2)18-20/h3-5H,1-2H3. The van der Waals surface area contributed by atoms with E-state index >= 15 is 0 Å². The fourth-order valence-corrected chi connectivity index (χ4v) is 2.37. The SMILES string of the molecule is Cc1nc2n(-c3cc(C)c(Br)cc3F)c(=O)cc(F)n2n1. The number of nitrogens with zero attached hydrogens (tertiary/aromatic N) is 4. The lowest BCUT2D eigenvalue weighted by Crippen LogP contribution is -2.23. The van der Waals surface area contributed by atoms with Crippen molar-refractivity contribution in [2.45, 2.75) is 13.8 Å². The van der Waals surface area contributed by atoms with E-state index in [1.165, 1.54) is 12.1 Å². The van der Waals surface area contributed by atoms with E-state index in [0.717, 1.165) is 20.7 Å². The summed E-state index contributed by atoms with van der Waals surface area (Å²) in [5.41, 5.74) is 0.0168. The second kappa shape index (κ2) is 4.73. The van der Waals surface area contributed by atoms with Crippen LogP contribution in [0.4, 0.5) is 8.78 Å². The number of aromatic nitrogens is 4. The van der Waals surface area contributed by atoms with E-state index in [1.54, 1.807) is 13.8 Å². The number of hydrogen-bond donors (Lipinski definition) is 0. The quantitative estimate of drug-likeness (QED) is 0.631. The third-order valence-electron chi connectivity index (χ3n) is 3.03. The van der Waals surface area contributed by atoms with Crippen LogP contribution in [0.15, 0.2) is 27.5 Å². The highest BCUT2D eigenvalue weighted by Crippen LogP contribution is 2.23. The number of rotatable bonds is 1. The van der Waals surface area contributed by atoms with E-state index in [-0.39, 0.29) is 17.3 Å². The Bertz CT molecular complexity index is 932. The summed E-state index contributed by atoms with van der Waals surface area (Å²) in [4.78, 5) is 16.1. The summed E-state index contributed by atoms with van der Waals surface area (Å²) >= 11 is 3.22. The molecule has 3 rings (SSSR count). The highest BCUT2D eigenvalue weighted by atomic mass is 79.9. The summed E-state index contributed by atoms with van der Waals surface area (Å²) in [6.07, 6.45) is 0. The van der Waals surface area contributed by atoms with E-state index in [2.05, 4.69) is 26.0 Å². The fraction of sp³-hybridized carbons (Fsp3) is 0.154. The third-order valence-corrected chi connectivity index (χ3v) is 3.88. The van der Waals surface area contributed by atoms with Crippen molar-refractivity contribution in [3.8, 4) is 5.69 Å². The summed E-state index contributed by atoms with van der Waals surface area (Å²) in [5, 5.41) is 3.85. The van der Waals surface area contributed by atoms with E-state index < -0.39 is 17.3 Å². The molecule has 0 spiro atoms. The van der Waals surface area contributed by atoms with Gasteiger partial charge >= 0.3 is 0 Å². The minimum Gasteiger partial charge on any atom is -0.269 e. The molecule has 0 unspecified atom stereocenters. The Hall–Kier alpha value is -2.09. The van der Waals surface area contributed by atoms with Crippen LogP contribution < -0.4 is 5.56 Å². The fourth-order valence-electron chi connectivity index (χ4n) is 2.06. The average Bonchev–Trinajstić information content (AvgIpc) is 2.77. The maximum Gasteiger partial charge on any atom is 0.262 e. The van der Waals surface area contributed by atoms with Gasteiger partial charge < -0.3 is 0 Å². The molecule has 0 N–H and O–H groups in total. The van der Waals surface area contributed by atoms with Crippen molar-refractivity contribution in [2.75, 3.05) is 0 Å². The van der Waals surface area contributed by atoms with Crippen LogP contribution in [0.2, 0.25) is 0 Å². The Balaban J connectivity index is 2.46. The monoisotopic (exact) mass is 354 g/mol. The first-order valence-electron chi connectivity index (χ1n) is 5.99. The van der Waals surface area contributed by atoms with Crippen LogP contribution in [0.5, 0.6) is 0 Å². The molecule has 108 valence electrons. The van der Waals surface area contributed by atoms with Crippen LogP contribution in [0.3, 0.4) is 0 Å². The Morgan fingerprint density at radius 1 is 1.19 bits per heavy atom. The maximum atomic E-state index is 14.2. The molecule has 0 saturated heterocycles. The molecule has 0 radical (unpaired) electrons. The van der Waals surface area contributed by atoms with Crippen molar-refractivity contribution in [1.29, 1.82) is 0 Å². The van der Waals surface area contributed by atoms with Crippen molar-refractivity contribution < 1.29 is 8.78 Å². The number of fused-ring (bicyclic) bond motifs is 1. The molecular formula is C13H9BrF2N4O. The molecule has 0 atom stereocenters. The maximum absolute atomic E-state index is 14.2. The zero-order valence-corrected chi connectivity index (χ0v) is 12.6. The van der Waals surface area contributed by atoms with Gasteiger partial charge in [-0.25, -0.2) is 8.96 Å². The molecule has 0 aliphatic carbocycles. The van der Waals surface area contributed by atoms with Crippen LogP contribution in [-0.2, 0) is 0 Å². The predicted octanol–water partition coefficient (Wildman–Crippen LogP) is 2.54. The van der Waals surface area contributed by atoms with Gasteiger partial charge in [-0.2, -0.15) is 13.9 Å². The average molecular weight is 355 g/mol. The second-order valence-electron chi connectivity index (χ2n) is 4.56. The zero-order chi connectivity index (χ0) is 15.3. The Kier molecular flexibility index (Phi) is 3.12. The van der Waals surface area contributed by atoms with E-state index in [1.807, 2.05) is 0 Å². The van der Waals surface area contributed by atoms with Crippen molar-refractivity contribution in [3.05, 3.63) is 56.2 Å². The minimum atomic E-state index is -0.846. The molecule has 0 amide bonds. The summed E-state index contributed by atoms with van der Waals surface area (Å²) in [6.45, 7) is 3.32. The van der Waals surface area contributed by atoms with Gasteiger partial charge in [-0.3, -0.25) is 4.79 Å². The summed E-state index contributed by atoms with van der Waals surface area (Å²) in [5.74, 6) is -1.26. The summed E-state index contributed by atoms with van der Waals surface area (Å²) in [6, 6.07) is 3.49. The van der Waals surface area contributed by atoms with Crippen molar-refractivity contribution in [3.63, 3.8) is 0 Å². The first kappa shape index (κ1) is 13.9. The third kappa shape index (κ3) is 2.15. The van der Waals surface area contributed by atoms with Gasteiger partial charge in [0.25, 0.3) is 5.56 Å². The Morgan fingerprint density at radius 2 is 1.90 bits per heavy atom. The second-order valence-corrected chi connectivity index (χ2v) is 5.42. The highest BCUT2D eigenvalue weighted by molar-refractivity contribution is 9.10. The van der Waals surface area contributed by atoms with Crippen LogP contribution >= 0.6 is 15.9 Å². The zero-order valence-electron chi connectivity index (χ0n) is 11.1. The van der Waals surface area contributed by atoms with E-state index in [9.17, 15) is 13.6 Å². The number of halogens is 3. The van der Waals surface area contributed by atoms with E-state index in [0.29, 0.717) is 4.47 Å². The smallest absolute Gasteiger partial charge is 0.262 e. The molecule has 0 saturated carbocycles. The van der Waals surface area contributed by atoms with Crippen molar-refractivity contribution in [2.24, 2.45) is 0 Å². The molecule has 2 heterocycles. The molecular weight excluding hydrogens is 346 g/mol. The molecule has 0 aliphatic heterocycles. The minimum absolute atomic E-state index is 0.00176. The molecule has 0 fully saturated rings. The highest BCUT2D eigenvalue weighted by Gasteiger charge is 2.17. The van der Waals surface area contributed by atoms with Crippen molar-refractivity contribution in [1.82, 2.24) is 19.2 Å². The predicted molar refractivity (Wildman–Crippen MR) is 75.7 cm³/mol. The Labute approximate surface area is 126 Å². The van der Waals surface area contributed by atoms with Crippen molar-refractivity contribution >= 4 is 21.7 Å². The summed E-state index contributed by atoms with van der Waals surface area (Å²) < 4.78 is 30.4. The van der Waals surface area contributed by atoms with Gasteiger partial charge in [0.1, 0.15) is 11.6 Å². The summed E-state index contributed by atoms with van der Waals surface area (Å²) in [7, 11) is 0. The lowest BCUT2D eigenvalue weighted by atomic mass is 10.2. The molecule has 2 aromatic heterocycles. The normalized spacial score (nSPS) is 11.3. The lowest BCUT2D eigenvalue weighted by Gasteiger charge is -2.10. The number of aryl methyl sites for hydroxylation is 2. The molecule has 8 heteroatoms. The molecule has 0 bridgehead atoms. The van der Waals surface area contributed by atoms with Crippen LogP contribution in [0.25, 0.3) is 11.5 Å². The van der Waals surface area contributed by atoms with Gasteiger partial charge in [0.2, 0.25) is 11.7 Å². The largest absolute Gasteiger partial charge is 0.269 e. The van der Waals surface area contributed by atoms with Gasteiger partial charge in [-0.05, 0) is 31.5 Å². The van der Waals surface area contributed by atoms with Gasteiger partial charge in [-0.15, -0.1) is 5.10 Å². The van der Waals surface area contributed by atoms with E-state index in [4.69, 9.17) is 0 Å². The number of benzene rings is 1. The number of hydrogen-bond acceptors (Lipinski definition) is 3. The van der Waals surface area contributed by atoms with Gasteiger partial charge in [0.05, 0.1) is 11.8 Å². The first-order valence-corrected chi connectivity index (χ1v) is 6.78. The van der Waals surface area contributed by atoms with Gasteiger partial charge in [-0.1, -0.05) is 15.9 Å². The van der Waals surface area contributed by atoms with Gasteiger partial charge in [0.15, 0.2) is 0 Å². The van der Waals surface area contributed by atoms with Crippen LogP contribution in [-0.4, -0.2) is 19.2 Å². The molecule has 21 heavy (non-hydrogen) atoms. The Morgan fingerprint density at radius 3 is 2.62 bits per heavy atom. The topological polar surface area (TPSA) is 52.2 Å². The lowest BCUT2D eigenvalue weighted by molar-refractivity contribution is 0.531. The molecule has 1 aromatic carbocycles. The molecule has 3 aromatic rings. The van der Waals surface area contributed by atoms with Gasteiger partial charge in [0, 0.05) is 4.47 Å². The molecule has 5 nitrogen and oxygen atoms in total. The van der Waals surface area contributed by atoms with Crippen LogP contribution in [0, 0.1) is 25.6 Å². The first-order chi connectivity index (χ1) is 9.88. The molecule has 0 aliphatic rings. The van der Waals surface area contributed by atoms with Crippen LogP contribution in [0.1, 0.15) is 11.4 Å².